The molecule has 0 unspecified atom stereocenters. The van der Waals surface area contributed by atoms with Crippen molar-refractivity contribution in [2.24, 2.45) is 0 Å². The van der Waals surface area contributed by atoms with Gasteiger partial charge in [-0.2, -0.15) is 0 Å². The highest BCUT2D eigenvalue weighted by atomic mass is 16.5. The van der Waals surface area contributed by atoms with Crippen LogP contribution in [-0.2, 0) is 9.53 Å². The molecule has 2 N–H and O–H groups in total. The van der Waals surface area contributed by atoms with Gasteiger partial charge in [-0.05, 0) is 44.2 Å². The minimum absolute atomic E-state index is 0.246. The van der Waals surface area contributed by atoms with Crippen LogP contribution in [0.1, 0.15) is 42.5 Å². The van der Waals surface area contributed by atoms with Crippen LogP contribution in [0.2, 0.25) is 0 Å². The lowest BCUT2D eigenvalue weighted by atomic mass is 9.97. The average Bonchev–Trinajstić information content (AvgIpc) is 2.61. The number of carbonyl (C=O) groups is 3. The number of pyridine rings is 1. The number of rotatable bonds is 6. The van der Waals surface area contributed by atoms with Crippen molar-refractivity contribution in [3.8, 4) is 0 Å². The molecule has 0 fully saturated rings. The van der Waals surface area contributed by atoms with Gasteiger partial charge in [0, 0.05) is 18.9 Å². The molecule has 0 spiro atoms. The second-order valence-corrected chi connectivity index (χ2v) is 5.48. The van der Waals surface area contributed by atoms with E-state index in [0.717, 1.165) is 19.3 Å². The van der Waals surface area contributed by atoms with Crippen LogP contribution in [0.15, 0.2) is 36.2 Å². The van der Waals surface area contributed by atoms with Gasteiger partial charge in [0.2, 0.25) is 0 Å². The van der Waals surface area contributed by atoms with E-state index in [1.54, 1.807) is 6.07 Å². The van der Waals surface area contributed by atoms with Crippen molar-refractivity contribution in [3.63, 3.8) is 0 Å². The molecule has 7 nitrogen and oxygen atoms in total. The predicted octanol–water partition coefficient (Wildman–Crippen LogP) is 1.95. The van der Waals surface area contributed by atoms with Crippen LogP contribution >= 0.6 is 0 Å². The molecule has 1 heterocycles. The maximum absolute atomic E-state index is 11.6. The van der Waals surface area contributed by atoms with Crippen molar-refractivity contribution >= 4 is 17.9 Å². The number of hydrogen-bond donors (Lipinski definition) is 2. The van der Waals surface area contributed by atoms with Gasteiger partial charge in [0.05, 0.1) is 5.56 Å². The zero-order chi connectivity index (χ0) is 17.2. The molecule has 0 aliphatic heterocycles. The molecule has 0 saturated carbocycles. The van der Waals surface area contributed by atoms with Gasteiger partial charge in [0.15, 0.2) is 6.61 Å². The Labute approximate surface area is 140 Å². The molecule has 7 heteroatoms. The molecule has 2 rings (SSSR count). The third kappa shape index (κ3) is 6.20. The lowest BCUT2D eigenvalue weighted by Crippen LogP contribution is -2.41. The van der Waals surface area contributed by atoms with Crippen molar-refractivity contribution in [2.75, 3.05) is 13.2 Å². The lowest BCUT2D eigenvalue weighted by Gasteiger charge is -2.13. The van der Waals surface area contributed by atoms with Crippen LogP contribution in [0.3, 0.4) is 0 Å². The predicted molar refractivity (Wildman–Crippen MR) is 87.2 cm³/mol. The zero-order valence-electron chi connectivity index (χ0n) is 13.4. The van der Waals surface area contributed by atoms with E-state index < -0.39 is 24.5 Å². The molecule has 3 amide bonds. The number of nitrogens with zero attached hydrogens (tertiary/aromatic N) is 1. The summed E-state index contributed by atoms with van der Waals surface area (Å²) in [5.74, 6) is -1.34. The maximum atomic E-state index is 11.6. The van der Waals surface area contributed by atoms with Crippen LogP contribution in [0.5, 0.6) is 0 Å². The molecule has 0 atom stereocenters. The van der Waals surface area contributed by atoms with Crippen molar-refractivity contribution < 1.29 is 19.1 Å². The number of allylic oxidation sites excluding steroid dienone is 1. The first-order chi connectivity index (χ1) is 11.6. The fourth-order valence-corrected chi connectivity index (χ4v) is 2.37. The number of nitrogens with one attached hydrogen (secondary N) is 2. The van der Waals surface area contributed by atoms with Gasteiger partial charge < -0.3 is 10.1 Å². The fourth-order valence-electron chi connectivity index (χ4n) is 2.37. The maximum Gasteiger partial charge on any atom is 0.340 e. The lowest BCUT2D eigenvalue weighted by molar-refractivity contribution is -0.123. The summed E-state index contributed by atoms with van der Waals surface area (Å²) in [6.45, 7) is -0.0489. The number of hydrogen-bond acceptors (Lipinski definition) is 5. The zero-order valence-corrected chi connectivity index (χ0v) is 13.4. The molecule has 1 aliphatic rings. The second-order valence-electron chi connectivity index (χ2n) is 5.48. The van der Waals surface area contributed by atoms with Crippen LogP contribution in [0.25, 0.3) is 0 Å². The highest BCUT2D eigenvalue weighted by Crippen LogP contribution is 2.19. The number of aromatic nitrogens is 1. The minimum Gasteiger partial charge on any atom is -0.452 e. The number of urea groups is 1. The number of imide groups is 1. The van der Waals surface area contributed by atoms with Crippen molar-refractivity contribution in [2.45, 2.75) is 32.1 Å². The van der Waals surface area contributed by atoms with E-state index in [-0.39, 0.29) is 5.56 Å². The van der Waals surface area contributed by atoms with E-state index in [0.29, 0.717) is 6.54 Å². The van der Waals surface area contributed by atoms with Crippen LogP contribution in [-0.4, -0.2) is 36.0 Å². The van der Waals surface area contributed by atoms with E-state index >= 15 is 0 Å². The summed E-state index contributed by atoms with van der Waals surface area (Å²) >= 11 is 0. The highest BCUT2D eigenvalue weighted by Gasteiger charge is 2.12. The summed E-state index contributed by atoms with van der Waals surface area (Å²) in [6, 6.07) is 2.53. The Hall–Kier alpha value is -2.70. The van der Waals surface area contributed by atoms with E-state index in [9.17, 15) is 14.4 Å². The SMILES string of the molecule is O=C(COC(=O)c1cccnc1)NC(=O)NCCC1=CCCCC1. The Bertz CT molecular complexity index is 614. The fraction of sp³-hybridized carbons (Fsp3) is 0.412. The first-order valence-corrected chi connectivity index (χ1v) is 7.98. The molecule has 128 valence electrons. The Morgan fingerprint density at radius 2 is 2.12 bits per heavy atom. The summed E-state index contributed by atoms with van der Waals surface area (Å²) in [4.78, 5) is 38.6. The van der Waals surface area contributed by atoms with Gasteiger partial charge in [-0.25, -0.2) is 9.59 Å². The van der Waals surface area contributed by atoms with Gasteiger partial charge in [0.25, 0.3) is 5.91 Å². The molecule has 0 radical (unpaired) electrons. The summed E-state index contributed by atoms with van der Waals surface area (Å²) in [7, 11) is 0. The molecule has 1 aromatic rings. The third-order valence-electron chi connectivity index (χ3n) is 3.60. The molecule has 1 aromatic heterocycles. The molecular weight excluding hydrogens is 310 g/mol. The van der Waals surface area contributed by atoms with Crippen LogP contribution in [0, 0.1) is 0 Å². The van der Waals surface area contributed by atoms with E-state index in [2.05, 4.69) is 21.7 Å². The monoisotopic (exact) mass is 331 g/mol. The van der Waals surface area contributed by atoms with Crippen molar-refractivity contribution in [3.05, 3.63) is 41.7 Å². The number of amides is 3. The topological polar surface area (TPSA) is 97.4 Å². The standard InChI is InChI=1S/C17H21N3O4/c21-15(12-24-16(22)14-7-4-9-18-11-14)20-17(23)19-10-8-13-5-2-1-3-6-13/h4-5,7,9,11H,1-3,6,8,10,12H2,(H2,19,20,21,23). The van der Waals surface area contributed by atoms with Gasteiger partial charge in [-0.1, -0.05) is 11.6 Å². The first kappa shape index (κ1) is 17.7. The van der Waals surface area contributed by atoms with E-state index in [1.807, 2.05) is 0 Å². The molecule has 0 saturated heterocycles. The van der Waals surface area contributed by atoms with Gasteiger partial charge in [0.1, 0.15) is 0 Å². The summed E-state index contributed by atoms with van der Waals surface area (Å²) in [5, 5.41) is 4.74. The molecule has 24 heavy (non-hydrogen) atoms. The Morgan fingerprint density at radius 3 is 2.83 bits per heavy atom. The van der Waals surface area contributed by atoms with E-state index in [1.165, 1.54) is 36.9 Å². The van der Waals surface area contributed by atoms with Gasteiger partial charge in [-0.3, -0.25) is 15.1 Å². The molecule has 1 aliphatic carbocycles. The normalized spacial score (nSPS) is 13.6. The Morgan fingerprint density at radius 1 is 1.25 bits per heavy atom. The highest BCUT2D eigenvalue weighted by molar-refractivity contribution is 5.96. The molecular formula is C17H21N3O4. The largest absolute Gasteiger partial charge is 0.452 e. The molecule has 0 aromatic carbocycles. The van der Waals surface area contributed by atoms with Crippen LogP contribution < -0.4 is 10.6 Å². The minimum atomic E-state index is -0.679. The van der Waals surface area contributed by atoms with Crippen LogP contribution in [0.4, 0.5) is 4.79 Å². The second kappa shape index (κ2) is 9.44. The van der Waals surface area contributed by atoms with Gasteiger partial charge >= 0.3 is 12.0 Å². The molecule has 0 bridgehead atoms. The smallest absolute Gasteiger partial charge is 0.340 e. The third-order valence-corrected chi connectivity index (χ3v) is 3.60. The Balaban J connectivity index is 1.62. The van der Waals surface area contributed by atoms with Crippen molar-refractivity contribution in [1.82, 2.24) is 15.6 Å². The number of carbonyl (C=O) groups excluding carboxylic acids is 3. The first-order valence-electron chi connectivity index (χ1n) is 7.98. The Kier molecular flexibility index (Phi) is 6.94. The summed E-state index contributed by atoms with van der Waals surface area (Å²) < 4.78 is 4.81. The summed E-state index contributed by atoms with van der Waals surface area (Å²) in [6.07, 6.45) is 10.5. The van der Waals surface area contributed by atoms with Crippen molar-refractivity contribution in [1.29, 1.82) is 0 Å². The summed E-state index contributed by atoms with van der Waals surface area (Å²) in [5.41, 5.74) is 1.59. The van der Waals surface area contributed by atoms with Gasteiger partial charge in [-0.15, -0.1) is 0 Å². The quantitative estimate of drug-likeness (QED) is 0.613. The van der Waals surface area contributed by atoms with E-state index in [4.69, 9.17) is 4.74 Å². The number of ether oxygens (including phenoxy) is 1. The average molecular weight is 331 g/mol. The number of esters is 1.